The molecule has 1 atom stereocenters. The smallest absolute Gasteiger partial charge is 0.279 e. The molecule has 0 saturated heterocycles. The predicted octanol–water partition coefficient (Wildman–Crippen LogP) is 4.77. The van der Waals surface area contributed by atoms with E-state index in [9.17, 15) is 18.3 Å². The van der Waals surface area contributed by atoms with Gasteiger partial charge in [0, 0.05) is 41.8 Å². The Balaban J connectivity index is 2.29. The van der Waals surface area contributed by atoms with Gasteiger partial charge in [0.2, 0.25) is 0 Å². The van der Waals surface area contributed by atoms with E-state index in [1.807, 2.05) is 0 Å². The summed E-state index contributed by atoms with van der Waals surface area (Å²) in [5.41, 5.74) is 0.827. The summed E-state index contributed by atoms with van der Waals surface area (Å²) in [4.78, 5) is 0. The molecule has 1 aliphatic rings. The third-order valence-electron chi connectivity index (χ3n) is 4.57. The fraction of sp³-hybridized carbons (Fsp3) is 0.429. The van der Waals surface area contributed by atoms with Crippen molar-refractivity contribution in [2.75, 3.05) is 11.9 Å². The summed E-state index contributed by atoms with van der Waals surface area (Å²) in [5, 5.41) is 31.5. The highest BCUT2D eigenvalue weighted by atomic mass is 19.3. The molecule has 0 amide bonds. The van der Waals surface area contributed by atoms with E-state index in [1.54, 1.807) is 13.1 Å². The fourth-order valence-corrected chi connectivity index (χ4v) is 2.72. The zero-order chi connectivity index (χ0) is 21.6. The maximum atomic E-state index is 13.6. The van der Waals surface area contributed by atoms with Crippen LogP contribution in [-0.2, 0) is 0 Å². The lowest BCUT2D eigenvalue weighted by molar-refractivity contribution is 0.199. The van der Waals surface area contributed by atoms with E-state index in [1.165, 1.54) is 38.0 Å². The van der Waals surface area contributed by atoms with E-state index >= 15 is 0 Å². The molecule has 0 heterocycles. The van der Waals surface area contributed by atoms with Crippen LogP contribution in [0.3, 0.4) is 0 Å². The van der Waals surface area contributed by atoms with Gasteiger partial charge in [0.15, 0.2) is 0 Å². The van der Waals surface area contributed by atoms with Gasteiger partial charge in [-0.25, -0.2) is 13.2 Å². The number of nitrogens with one attached hydrogen (secondary N) is 4. The second-order valence-corrected chi connectivity index (χ2v) is 7.28. The van der Waals surface area contributed by atoms with Gasteiger partial charge < -0.3 is 21.1 Å². The lowest BCUT2D eigenvalue weighted by Crippen LogP contribution is -2.15. The Morgan fingerprint density at radius 3 is 2.55 bits per heavy atom. The molecule has 0 aromatic heterocycles. The molecule has 1 saturated carbocycles. The van der Waals surface area contributed by atoms with Gasteiger partial charge in [0.1, 0.15) is 5.82 Å². The first-order chi connectivity index (χ1) is 13.7. The van der Waals surface area contributed by atoms with Crippen LogP contribution in [0.1, 0.15) is 44.8 Å². The Bertz CT molecular complexity index is 814. The molecule has 5 nitrogen and oxygen atoms in total. The fourth-order valence-electron chi connectivity index (χ4n) is 2.72. The average Bonchev–Trinajstić information content (AvgIpc) is 3.46. The summed E-state index contributed by atoms with van der Waals surface area (Å²) in [6.45, 7) is 3.86. The second-order valence-electron chi connectivity index (χ2n) is 7.28. The van der Waals surface area contributed by atoms with Crippen molar-refractivity contribution in [1.82, 2.24) is 5.32 Å². The number of alkyl halides is 2. The number of allylic oxidation sites excluding steroid dienone is 2. The molecule has 2 rings (SSSR count). The number of rotatable bonds is 11. The Kier molecular flexibility index (Phi) is 8.01. The minimum absolute atomic E-state index is 0.0960. The quantitative estimate of drug-likeness (QED) is 0.342. The van der Waals surface area contributed by atoms with E-state index in [0.717, 1.165) is 12.6 Å². The summed E-state index contributed by atoms with van der Waals surface area (Å²) in [6.07, 6.45) is 1.22. The van der Waals surface area contributed by atoms with E-state index in [4.69, 9.17) is 10.8 Å². The molecular weight excluding hydrogens is 381 g/mol. The summed E-state index contributed by atoms with van der Waals surface area (Å²) in [7, 11) is 0. The van der Waals surface area contributed by atoms with Crippen molar-refractivity contribution >= 4 is 17.1 Å². The lowest BCUT2D eigenvalue weighted by atomic mass is 10.0. The van der Waals surface area contributed by atoms with E-state index in [0.29, 0.717) is 17.2 Å². The molecule has 1 fully saturated rings. The molecule has 0 bridgehead atoms. The Morgan fingerprint density at radius 1 is 1.31 bits per heavy atom. The predicted molar refractivity (Wildman–Crippen MR) is 109 cm³/mol. The van der Waals surface area contributed by atoms with Crippen LogP contribution < -0.4 is 10.6 Å². The van der Waals surface area contributed by atoms with Crippen LogP contribution >= 0.6 is 0 Å². The first-order valence-electron chi connectivity index (χ1n) is 9.47. The van der Waals surface area contributed by atoms with E-state index in [2.05, 4.69) is 10.6 Å². The van der Waals surface area contributed by atoms with Crippen LogP contribution in [-0.4, -0.2) is 29.5 Å². The minimum Gasteiger partial charge on any atom is -0.390 e. The van der Waals surface area contributed by atoms with Gasteiger partial charge in [-0.1, -0.05) is 0 Å². The molecule has 1 aromatic carbocycles. The maximum absolute atomic E-state index is 13.6. The van der Waals surface area contributed by atoms with Crippen molar-refractivity contribution in [1.29, 1.82) is 10.8 Å². The molecule has 158 valence electrons. The zero-order valence-electron chi connectivity index (χ0n) is 16.5. The first kappa shape index (κ1) is 22.7. The molecule has 0 radical (unpaired) electrons. The first-order valence-corrected chi connectivity index (χ1v) is 9.47. The number of aliphatic hydroxyl groups excluding tert-OH is 1. The van der Waals surface area contributed by atoms with Gasteiger partial charge in [0.05, 0.1) is 11.8 Å². The van der Waals surface area contributed by atoms with E-state index in [-0.39, 0.29) is 23.4 Å². The van der Waals surface area contributed by atoms with Crippen LogP contribution in [0.4, 0.5) is 18.9 Å². The molecule has 0 aliphatic heterocycles. The highest BCUT2D eigenvalue weighted by Gasteiger charge is 2.20. The van der Waals surface area contributed by atoms with Crippen LogP contribution in [0.2, 0.25) is 0 Å². The molecule has 0 spiro atoms. The van der Waals surface area contributed by atoms with Crippen molar-refractivity contribution in [3.8, 4) is 0 Å². The number of anilines is 1. The lowest BCUT2D eigenvalue weighted by Gasteiger charge is -2.18. The van der Waals surface area contributed by atoms with Gasteiger partial charge in [-0.15, -0.1) is 0 Å². The van der Waals surface area contributed by atoms with Crippen molar-refractivity contribution in [3.63, 3.8) is 0 Å². The highest BCUT2D eigenvalue weighted by molar-refractivity contribution is 5.98. The summed E-state index contributed by atoms with van der Waals surface area (Å²) in [5.74, 6) is 0.101. The standard InChI is InChI=1S/C21H27F3N4O/c1-12(25)15(11-27-10-14-3-4-14)7-17(9-19(26)21(23)24)28-20-6-5-16(22)8-18(20)13(2)29/h5-6,8-9,11,13-14,21,25-29H,3-4,7,10H2,1-2H3/b15-11-,17-9-,25-12?,26-19?/t13-/m1/s1. The Labute approximate surface area is 168 Å². The second kappa shape index (κ2) is 10.2. The van der Waals surface area contributed by atoms with Crippen molar-refractivity contribution in [3.05, 3.63) is 53.1 Å². The van der Waals surface area contributed by atoms with Crippen LogP contribution in [0.15, 0.2) is 41.7 Å². The van der Waals surface area contributed by atoms with Gasteiger partial charge in [0.25, 0.3) is 6.43 Å². The number of hydrogen-bond acceptors (Lipinski definition) is 5. The van der Waals surface area contributed by atoms with Gasteiger partial charge >= 0.3 is 0 Å². The molecule has 1 aliphatic carbocycles. The van der Waals surface area contributed by atoms with Crippen molar-refractivity contribution in [2.45, 2.75) is 45.6 Å². The highest BCUT2D eigenvalue weighted by Crippen LogP contribution is 2.28. The largest absolute Gasteiger partial charge is 0.390 e. The third kappa shape index (κ3) is 7.38. The average molecular weight is 408 g/mol. The molecule has 0 unspecified atom stereocenters. The van der Waals surface area contributed by atoms with Crippen molar-refractivity contribution < 1.29 is 18.3 Å². The topological polar surface area (TPSA) is 92.0 Å². The summed E-state index contributed by atoms with van der Waals surface area (Å²) in [6, 6.07) is 3.77. The van der Waals surface area contributed by atoms with Crippen molar-refractivity contribution in [2.24, 2.45) is 5.92 Å². The molecule has 8 heteroatoms. The normalized spacial score (nSPS) is 16.0. The Hall–Kier alpha value is -2.61. The molecular formula is C21H27F3N4O. The monoisotopic (exact) mass is 408 g/mol. The number of benzene rings is 1. The third-order valence-corrected chi connectivity index (χ3v) is 4.57. The summed E-state index contributed by atoms with van der Waals surface area (Å²) < 4.78 is 39.4. The van der Waals surface area contributed by atoms with Crippen LogP contribution in [0.5, 0.6) is 0 Å². The van der Waals surface area contributed by atoms with Gasteiger partial charge in [-0.05, 0) is 62.5 Å². The van der Waals surface area contributed by atoms with Crippen LogP contribution in [0, 0.1) is 22.6 Å². The minimum atomic E-state index is -2.95. The number of halogens is 3. The molecule has 29 heavy (non-hydrogen) atoms. The van der Waals surface area contributed by atoms with Crippen LogP contribution in [0.25, 0.3) is 0 Å². The molecule has 1 aromatic rings. The summed E-state index contributed by atoms with van der Waals surface area (Å²) >= 11 is 0. The number of aliphatic hydroxyl groups is 1. The molecule has 5 N–H and O–H groups in total. The van der Waals surface area contributed by atoms with Gasteiger partial charge in [-0.3, -0.25) is 5.41 Å². The van der Waals surface area contributed by atoms with Gasteiger partial charge in [-0.2, -0.15) is 0 Å². The van der Waals surface area contributed by atoms with E-state index < -0.39 is 24.1 Å². The number of hydrogen-bond donors (Lipinski definition) is 5. The zero-order valence-corrected chi connectivity index (χ0v) is 16.5. The maximum Gasteiger partial charge on any atom is 0.279 e. The SMILES string of the molecule is CC(=N)/C(=C\NCC1CC1)C/C(=C/C(=N)C(F)F)Nc1ccc(F)cc1[C@@H](C)O. The Morgan fingerprint density at radius 2 is 2.00 bits per heavy atom.